The number of halogens is 1. The first kappa shape index (κ1) is 17.4. The molecule has 6 nitrogen and oxygen atoms in total. The maximum Gasteiger partial charge on any atom is 0.282 e. The lowest BCUT2D eigenvalue weighted by Gasteiger charge is -2.25. The van der Waals surface area contributed by atoms with Gasteiger partial charge in [0.05, 0.1) is 6.20 Å². The molecule has 0 unspecified atom stereocenters. The first-order chi connectivity index (χ1) is 11.4. The van der Waals surface area contributed by atoms with Crippen LogP contribution in [0.15, 0.2) is 34.9 Å². The van der Waals surface area contributed by atoms with E-state index in [0.29, 0.717) is 36.1 Å². The summed E-state index contributed by atoms with van der Waals surface area (Å²) in [5.41, 5.74) is 1.06. The zero-order chi connectivity index (χ0) is 17.3. The van der Waals surface area contributed by atoms with Crippen molar-refractivity contribution in [2.75, 3.05) is 20.6 Å². The van der Waals surface area contributed by atoms with Crippen molar-refractivity contribution in [3.05, 3.63) is 52.7 Å². The molecule has 0 amide bonds. The molecule has 24 heavy (non-hydrogen) atoms. The van der Waals surface area contributed by atoms with Crippen molar-refractivity contribution in [3.8, 4) is 0 Å². The second-order valence-corrected chi connectivity index (χ2v) is 8.56. The molecule has 1 aliphatic rings. The summed E-state index contributed by atoms with van der Waals surface area (Å²) in [7, 11) is -0.408. The topological polar surface area (TPSA) is 66.7 Å². The van der Waals surface area contributed by atoms with Gasteiger partial charge in [-0.05, 0) is 30.5 Å². The Morgan fingerprint density at radius 3 is 2.71 bits per heavy atom. The van der Waals surface area contributed by atoms with E-state index in [1.807, 2.05) is 24.3 Å². The molecule has 2 heterocycles. The molecule has 0 bridgehead atoms. The average Bonchev–Trinajstić information content (AvgIpc) is 3.18. The molecule has 1 fully saturated rings. The summed E-state index contributed by atoms with van der Waals surface area (Å²) >= 11 is 5.89. The van der Waals surface area contributed by atoms with E-state index in [1.54, 1.807) is 6.20 Å². The van der Waals surface area contributed by atoms with Crippen LogP contribution in [0, 0.1) is 0 Å². The predicted octanol–water partition coefficient (Wildman–Crippen LogP) is 2.86. The van der Waals surface area contributed by atoms with Crippen LogP contribution in [-0.2, 0) is 16.6 Å². The van der Waals surface area contributed by atoms with Gasteiger partial charge in [0.15, 0.2) is 0 Å². The fourth-order valence-electron chi connectivity index (χ4n) is 2.83. The lowest BCUT2D eigenvalue weighted by molar-refractivity contribution is 0.306. The molecule has 130 valence electrons. The highest BCUT2D eigenvalue weighted by molar-refractivity contribution is 7.86. The Bertz CT molecular complexity index is 802. The van der Waals surface area contributed by atoms with E-state index in [2.05, 4.69) is 4.98 Å². The number of rotatable bonds is 5. The van der Waals surface area contributed by atoms with Gasteiger partial charge in [-0.1, -0.05) is 23.7 Å². The van der Waals surface area contributed by atoms with Crippen molar-refractivity contribution >= 4 is 21.8 Å². The van der Waals surface area contributed by atoms with Crippen LogP contribution in [-0.4, -0.2) is 42.7 Å². The van der Waals surface area contributed by atoms with Crippen molar-refractivity contribution in [1.29, 1.82) is 0 Å². The first-order valence-corrected chi connectivity index (χ1v) is 9.54. The molecule has 2 aromatic rings. The molecular formula is C16H20ClN3O3S. The average molecular weight is 370 g/mol. The van der Waals surface area contributed by atoms with E-state index < -0.39 is 10.2 Å². The molecule has 1 atom stereocenters. The lowest BCUT2D eigenvalue weighted by atomic mass is 10.1. The second kappa shape index (κ2) is 6.84. The second-order valence-electron chi connectivity index (χ2n) is 6.03. The predicted molar refractivity (Wildman–Crippen MR) is 92.0 cm³/mol. The van der Waals surface area contributed by atoms with Crippen molar-refractivity contribution < 1.29 is 12.8 Å². The van der Waals surface area contributed by atoms with Crippen LogP contribution in [0.25, 0.3) is 0 Å². The van der Waals surface area contributed by atoms with Gasteiger partial charge in [0, 0.05) is 32.1 Å². The standard InChI is InChI=1S/C16H20ClN3O3S/c1-19(2)24(21,22)20-9-3-4-15(20)16-18-11-14(23-16)10-12-5-7-13(17)8-6-12/h5-8,11,15H,3-4,9-10H2,1-2H3/t15-/m1/s1. The molecule has 0 saturated carbocycles. The van der Waals surface area contributed by atoms with Crippen molar-refractivity contribution in [3.63, 3.8) is 0 Å². The molecule has 0 radical (unpaired) electrons. The Morgan fingerprint density at radius 2 is 2.04 bits per heavy atom. The SMILES string of the molecule is CN(C)S(=O)(=O)N1CCC[C@@H]1c1ncc(Cc2ccc(Cl)cc2)o1. The molecule has 1 aliphatic heterocycles. The molecule has 0 aliphatic carbocycles. The van der Waals surface area contributed by atoms with Gasteiger partial charge in [0.1, 0.15) is 11.8 Å². The van der Waals surface area contributed by atoms with E-state index in [-0.39, 0.29) is 6.04 Å². The fourth-order valence-corrected chi connectivity index (χ4v) is 4.26. The summed E-state index contributed by atoms with van der Waals surface area (Å²) in [5.74, 6) is 1.17. The minimum atomic E-state index is -3.48. The van der Waals surface area contributed by atoms with Crippen LogP contribution in [0.1, 0.15) is 36.1 Å². The summed E-state index contributed by atoms with van der Waals surface area (Å²) in [5, 5.41) is 0.687. The Kier molecular flexibility index (Phi) is 4.96. The summed E-state index contributed by atoms with van der Waals surface area (Å²) in [6.45, 7) is 0.486. The van der Waals surface area contributed by atoms with E-state index in [9.17, 15) is 8.42 Å². The highest BCUT2D eigenvalue weighted by Crippen LogP contribution is 2.34. The lowest BCUT2D eigenvalue weighted by Crippen LogP contribution is -2.39. The Labute approximate surface area is 147 Å². The normalized spacial score (nSPS) is 19.2. The van der Waals surface area contributed by atoms with Crippen LogP contribution in [0.3, 0.4) is 0 Å². The van der Waals surface area contributed by atoms with E-state index in [0.717, 1.165) is 12.0 Å². The van der Waals surface area contributed by atoms with Gasteiger partial charge < -0.3 is 4.42 Å². The monoisotopic (exact) mass is 369 g/mol. The van der Waals surface area contributed by atoms with Gasteiger partial charge in [0.2, 0.25) is 5.89 Å². The zero-order valence-corrected chi connectivity index (χ0v) is 15.2. The molecule has 0 spiro atoms. The van der Waals surface area contributed by atoms with Gasteiger partial charge >= 0.3 is 0 Å². The maximum atomic E-state index is 12.4. The van der Waals surface area contributed by atoms with Crippen molar-refractivity contribution in [1.82, 2.24) is 13.6 Å². The third-order valence-corrected chi connectivity index (χ3v) is 6.31. The zero-order valence-electron chi connectivity index (χ0n) is 13.6. The van der Waals surface area contributed by atoms with Gasteiger partial charge in [-0.3, -0.25) is 0 Å². The third kappa shape index (κ3) is 3.49. The molecule has 1 aromatic heterocycles. The minimum Gasteiger partial charge on any atom is -0.444 e. The largest absolute Gasteiger partial charge is 0.444 e. The number of aromatic nitrogens is 1. The van der Waals surface area contributed by atoms with Gasteiger partial charge in [-0.25, -0.2) is 4.98 Å². The van der Waals surface area contributed by atoms with Crippen molar-refractivity contribution in [2.24, 2.45) is 0 Å². The number of nitrogens with zero attached hydrogens (tertiary/aromatic N) is 3. The van der Waals surface area contributed by atoms with E-state index >= 15 is 0 Å². The van der Waals surface area contributed by atoms with Gasteiger partial charge in [-0.2, -0.15) is 17.0 Å². The third-order valence-electron chi connectivity index (χ3n) is 4.11. The summed E-state index contributed by atoms with van der Waals surface area (Å²) < 4.78 is 33.4. The quantitative estimate of drug-likeness (QED) is 0.812. The van der Waals surface area contributed by atoms with Crippen LogP contribution in [0.5, 0.6) is 0 Å². The van der Waals surface area contributed by atoms with Gasteiger partial charge in [0.25, 0.3) is 10.2 Å². The Hall–Kier alpha value is -1.41. The minimum absolute atomic E-state index is 0.337. The van der Waals surface area contributed by atoms with Crippen LogP contribution in [0.4, 0.5) is 0 Å². The Morgan fingerprint density at radius 1 is 1.33 bits per heavy atom. The van der Waals surface area contributed by atoms with Crippen molar-refractivity contribution in [2.45, 2.75) is 25.3 Å². The first-order valence-electron chi connectivity index (χ1n) is 7.76. The number of oxazole rings is 1. The van der Waals surface area contributed by atoms with E-state index in [1.165, 1.54) is 22.7 Å². The fraction of sp³-hybridized carbons (Fsp3) is 0.438. The highest BCUT2D eigenvalue weighted by atomic mass is 35.5. The van der Waals surface area contributed by atoms with E-state index in [4.69, 9.17) is 16.0 Å². The molecule has 1 aromatic carbocycles. The summed E-state index contributed by atoms with van der Waals surface area (Å²) in [6, 6.07) is 7.19. The maximum absolute atomic E-state index is 12.4. The number of hydrogen-bond acceptors (Lipinski definition) is 4. The molecule has 1 saturated heterocycles. The van der Waals surface area contributed by atoms with Crippen LogP contribution in [0.2, 0.25) is 5.02 Å². The summed E-state index contributed by atoms with van der Waals surface area (Å²) in [4.78, 5) is 4.32. The molecule has 3 rings (SSSR count). The molecule has 0 N–H and O–H groups in total. The number of hydrogen-bond donors (Lipinski definition) is 0. The molecular weight excluding hydrogens is 350 g/mol. The molecule has 8 heteroatoms. The Balaban J connectivity index is 1.78. The van der Waals surface area contributed by atoms with Crippen LogP contribution < -0.4 is 0 Å². The van der Waals surface area contributed by atoms with Gasteiger partial charge in [-0.15, -0.1) is 0 Å². The number of benzene rings is 1. The van der Waals surface area contributed by atoms with Crippen LogP contribution >= 0.6 is 11.6 Å². The summed E-state index contributed by atoms with van der Waals surface area (Å²) in [6.07, 6.45) is 3.78. The highest BCUT2D eigenvalue weighted by Gasteiger charge is 2.39. The smallest absolute Gasteiger partial charge is 0.282 e.